The fourth-order valence-electron chi connectivity index (χ4n) is 4.77. The van der Waals surface area contributed by atoms with Crippen molar-refractivity contribution in [3.8, 4) is 0 Å². The Kier molecular flexibility index (Phi) is 11.7. The summed E-state index contributed by atoms with van der Waals surface area (Å²) in [5.41, 5.74) is 7.03. The normalized spacial score (nSPS) is 31.4. The van der Waals surface area contributed by atoms with E-state index in [1.54, 1.807) is 32.1 Å². The Morgan fingerprint density at radius 2 is 1.84 bits per heavy atom. The predicted octanol–water partition coefficient (Wildman–Crippen LogP) is 4.51. The number of aliphatic hydroxyl groups is 1. The summed E-state index contributed by atoms with van der Waals surface area (Å²) < 4.78 is 31.9. The summed E-state index contributed by atoms with van der Waals surface area (Å²) in [5.74, 6) is -1.25. The van der Waals surface area contributed by atoms with Gasteiger partial charge in [-0.3, -0.25) is 4.79 Å². The molecule has 0 fully saturated rings. The van der Waals surface area contributed by atoms with Crippen molar-refractivity contribution >= 4 is 17.7 Å². The average Bonchev–Trinajstić information content (AvgIpc) is 2.85. The molecule has 1 heterocycles. The summed E-state index contributed by atoms with van der Waals surface area (Å²) in [7, 11) is 3.04. The van der Waals surface area contributed by atoms with Crippen LogP contribution in [0.4, 0.5) is 14.9 Å². The van der Waals surface area contributed by atoms with E-state index in [1.165, 1.54) is 20.3 Å². The minimum absolute atomic E-state index is 0.0233. The highest BCUT2D eigenvalue weighted by Gasteiger charge is 2.30. The number of halogens is 1. The van der Waals surface area contributed by atoms with Gasteiger partial charge in [0, 0.05) is 25.7 Å². The molecule has 206 valence electrons. The largest absolute Gasteiger partial charge is 0.439 e. The van der Waals surface area contributed by atoms with Gasteiger partial charge in [0.25, 0.3) is 5.91 Å². The van der Waals surface area contributed by atoms with Crippen LogP contribution in [0.15, 0.2) is 41.5 Å². The summed E-state index contributed by atoms with van der Waals surface area (Å²) in [6.45, 7) is 7.26. The quantitative estimate of drug-likeness (QED) is 0.505. The zero-order chi connectivity index (χ0) is 27.7. The van der Waals surface area contributed by atoms with Gasteiger partial charge in [-0.25, -0.2) is 9.18 Å². The Labute approximate surface area is 219 Å². The number of aliphatic hydroxyl groups excluding tert-OH is 1. The lowest BCUT2D eigenvalue weighted by atomic mass is 9.88. The number of fused-ring (bicyclic) bond motifs is 2. The van der Waals surface area contributed by atoms with Gasteiger partial charge in [0.05, 0.1) is 24.0 Å². The van der Waals surface area contributed by atoms with Crippen molar-refractivity contribution in [1.82, 2.24) is 0 Å². The molecule has 6 atom stereocenters. The Hall–Kier alpha value is -2.75. The zero-order valence-corrected chi connectivity index (χ0v) is 22.6. The molecule has 1 aliphatic rings. The molecule has 0 unspecified atom stereocenters. The predicted molar refractivity (Wildman–Crippen MR) is 140 cm³/mol. The van der Waals surface area contributed by atoms with E-state index >= 15 is 4.39 Å². The molecule has 4 N–H and O–H groups in total. The van der Waals surface area contributed by atoms with E-state index in [0.717, 1.165) is 0 Å². The first kappa shape index (κ1) is 30.5. The van der Waals surface area contributed by atoms with Crippen LogP contribution in [0.25, 0.3) is 0 Å². The first-order valence-corrected chi connectivity index (χ1v) is 12.6. The Morgan fingerprint density at radius 1 is 1.16 bits per heavy atom. The standard InChI is InChI=1S/C28H41FN2O6/c1-16-13-20-10-8-11-21(24(20)29)31-27(33)17(2)9-7-12-22(35-5)26(37-28(30)34)19(4)15-18(3)25(32)23(14-16)36-6/h8-11,15-16,18,22-23,25-26,32H,7,12-14H2,1-6H3,(H2,30,34)(H,31,33)/b17-9+,19-15+/t16-,18+,22+,23+,25-,26+/m1/s1. The molecule has 37 heavy (non-hydrogen) atoms. The van der Waals surface area contributed by atoms with Crippen LogP contribution in [-0.4, -0.2) is 55.7 Å². The summed E-state index contributed by atoms with van der Waals surface area (Å²) in [6, 6.07) is 4.94. The molecule has 0 saturated carbocycles. The zero-order valence-electron chi connectivity index (χ0n) is 22.6. The SMILES string of the molecule is CO[C@H]1C[C@H](C)Cc2cccc(c2F)NC(=O)/C(C)=C/CC[C@H](OC)[C@@H](OC(N)=O)/C(C)=C/[C@H](C)[C@H]1O. The molecule has 0 spiro atoms. The number of primary amides is 1. The van der Waals surface area contributed by atoms with Crippen LogP contribution in [0.5, 0.6) is 0 Å². The molecule has 1 aliphatic heterocycles. The molecule has 8 nitrogen and oxygen atoms in total. The van der Waals surface area contributed by atoms with Crippen LogP contribution in [0, 0.1) is 17.7 Å². The van der Waals surface area contributed by atoms with Crippen molar-refractivity contribution in [1.29, 1.82) is 0 Å². The number of nitrogens with one attached hydrogen (secondary N) is 1. The van der Waals surface area contributed by atoms with E-state index in [1.807, 2.05) is 19.9 Å². The van der Waals surface area contributed by atoms with Crippen molar-refractivity contribution in [3.63, 3.8) is 0 Å². The number of amides is 2. The molecule has 2 bridgehead atoms. The maximum Gasteiger partial charge on any atom is 0.405 e. The minimum atomic E-state index is -0.940. The van der Waals surface area contributed by atoms with Gasteiger partial charge in [0.2, 0.25) is 0 Å². The van der Waals surface area contributed by atoms with E-state index in [0.29, 0.717) is 42.4 Å². The number of methoxy groups -OCH3 is 2. The monoisotopic (exact) mass is 520 g/mol. The van der Waals surface area contributed by atoms with Crippen LogP contribution >= 0.6 is 0 Å². The highest BCUT2D eigenvalue weighted by atomic mass is 19.1. The first-order chi connectivity index (χ1) is 17.5. The molecule has 9 heteroatoms. The highest BCUT2D eigenvalue weighted by molar-refractivity contribution is 6.03. The van der Waals surface area contributed by atoms with Gasteiger partial charge in [-0.15, -0.1) is 0 Å². The third-order valence-electron chi connectivity index (χ3n) is 6.87. The molecule has 2 rings (SSSR count). The first-order valence-electron chi connectivity index (χ1n) is 12.6. The van der Waals surface area contributed by atoms with Crippen LogP contribution in [0.2, 0.25) is 0 Å². The van der Waals surface area contributed by atoms with Crippen molar-refractivity contribution in [3.05, 3.63) is 52.9 Å². The molecular weight excluding hydrogens is 479 g/mol. The Morgan fingerprint density at radius 3 is 2.46 bits per heavy atom. The third kappa shape index (κ3) is 8.66. The third-order valence-corrected chi connectivity index (χ3v) is 6.87. The second-order valence-electron chi connectivity index (χ2n) is 9.91. The number of hydrogen-bond acceptors (Lipinski definition) is 6. The number of benzene rings is 1. The molecule has 0 radical (unpaired) electrons. The van der Waals surface area contributed by atoms with Gasteiger partial charge < -0.3 is 30.4 Å². The Balaban J connectivity index is 2.48. The average molecular weight is 521 g/mol. The summed E-state index contributed by atoms with van der Waals surface area (Å²) in [5, 5.41) is 13.7. The van der Waals surface area contributed by atoms with E-state index < -0.39 is 42.2 Å². The van der Waals surface area contributed by atoms with Crippen LogP contribution < -0.4 is 11.1 Å². The maximum atomic E-state index is 15.2. The van der Waals surface area contributed by atoms with Gasteiger partial charge in [0.15, 0.2) is 6.10 Å². The number of nitrogens with two attached hydrogens (primary N) is 1. The van der Waals surface area contributed by atoms with Gasteiger partial charge in [-0.05, 0) is 62.7 Å². The molecule has 2 amide bonds. The number of carbonyl (C=O) groups excluding carboxylic acids is 2. The second kappa shape index (κ2) is 14.3. The van der Waals surface area contributed by atoms with Gasteiger partial charge in [0.1, 0.15) is 5.82 Å². The fourth-order valence-corrected chi connectivity index (χ4v) is 4.77. The van der Waals surface area contributed by atoms with Gasteiger partial charge in [-0.1, -0.05) is 38.1 Å². The molecular formula is C28H41FN2O6. The van der Waals surface area contributed by atoms with Crippen molar-refractivity contribution in [2.75, 3.05) is 19.5 Å². The molecule has 0 aliphatic carbocycles. The van der Waals surface area contributed by atoms with Crippen molar-refractivity contribution in [2.45, 2.75) is 77.8 Å². The number of anilines is 1. The summed E-state index contributed by atoms with van der Waals surface area (Å²) in [4.78, 5) is 24.4. The van der Waals surface area contributed by atoms with Crippen LogP contribution in [-0.2, 0) is 25.4 Å². The summed E-state index contributed by atoms with van der Waals surface area (Å²) >= 11 is 0. The highest BCUT2D eigenvalue weighted by Crippen LogP contribution is 2.27. The van der Waals surface area contributed by atoms with Crippen LogP contribution in [0.1, 0.15) is 52.5 Å². The number of allylic oxidation sites excluding steroid dienone is 1. The second-order valence-corrected chi connectivity index (χ2v) is 9.91. The van der Waals surface area contributed by atoms with Crippen molar-refractivity contribution < 1.29 is 33.3 Å². The van der Waals surface area contributed by atoms with E-state index in [4.69, 9.17) is 19.9 Å². The molecule has 0 saturated heterocycles. The lowest BCUT2D eigenvalue weighted by Crippen LogP contribution is -2.37. The smallest absolute Gasteiger partial charge is 0.405 e. The number of hydrogen-bond donors (Lipinski definition) is 3. The molecule has 0 aromatic heterocycles. The number of ether oxygens (including phenoxy) is 3. The topological polar surface area (TPSA) is 120 Å². The van der Waals surface area contributed by atoms with Gasteiger partial charge in [-0.2, -0.15) is 0 Å². The summed E-state index contributed by atoms with van der Waals surface area (Å²) in [6.07, 6.45) is 1.66. The van der Waals surface area contributed by atoms with Gasteiger partial charge >= 0.3 is 6.09 Å². The number of rotatable bonds is 3. The van der Waals surface area contributed by atoms with Crippen LogP contribution in [0.3, 0.4) is 0 Å². The maximum absolute atomic E-state index is 15.2. The fraction of sp³-hybridized carbons (Fsp3) is 0.571. The molecule has 1 aromatic carbocycles. The Bertz CT molecular complexity index is 995. The lowest BCUT2D eigenvalue weighted by Gasteiger charge is -2.30. The minimum Gasteiger partial charge on any atom is -0.439 e. The lowest BCUT2D eigenvalue weighted by molar-refractivity contribution is -0.112. The van der Waals surface area contributed by atoms with E-state index in [2.05, 4.69) is 5.32 Å². The van der Waals surface area contributed by atoms with E-state index in [-0.39, 0.29) is 17.5 Å². The van der Waals surface area contributed by atoms with E-state index in [9.17, 15) is 14.7 Å². The molecule has 1 aromatic rings. The number of carbonyl (C=O) groups is 2. The van der Waals surface area contributed by atoms with Crippen molar-refractivity contribution in [2.24, 2.45) is 17.6 Å².